The lowest BCUT2D eigenvalue weighted by molar-refractivity contribution is 0.0956. The summed E-state index contributed by atoms with van der Waals surface area (Å²) < 4.78 is 25.6. The molecule has 3 rings (SSSR count). The minimum absolute atomic E-state index is 0.0857. The van der Waals surface area contributed by atoms with Gasteiger partial charge in [0.2, 0.25) is 10.0 Å². The number of thioether (sulfide) groups is 1. The molecular formula is C22H28ClN3O3S2. The van der Waals surface area contributed by atoms with Gasteiger partial charge in [-0.05, 0) is 48.9 Å². The van der Waals surface area contributed by atoms with E-state index in [4.69, 9.17) is 11.6 Å². The second-order valence-corrected chi connectivity index (χ2v) is 11.2. The number of halogens is 1. The molecule has 1 aliphatic rings. The van der Waals surface area contributed by atoms with E-state index in [0.717, 1.165) is 16.2 Å². The van der Waals surface area contributed by atoms with Gasteiger partial charge in [0.1, 0.15) is 0 Å². The average molecular weight is 482 g/mol. The van der Waals surface area contributed by atoms with E-state index in [9.17, 15) is 13.2 Å². The van der Waals surface area contributed by atoms with Gasteiger partial charge in [-0.15, -0.1) is 11.8 Å². The van der Waals surface area contributed by atoms with Crippen LogP contribution in [0.1, 0.15) is 22.8 Å². The van der Waals surface area contributed by atoms with Crippen molar-refractivity contribution in [2.24, 2.45) is 0 Å². The van der Waals surface area contributed by atoms with Crippen LogP contribution in [0.5, 0.6) is 0 Å². The maximum absolute atomic E-state index is 12.5. The number of hydrogen-bond donors (Lipinski definition) is 1. The number of piperazine rings is 1. The molecule has 0 bridgehead atoms. The van der Waals surface area contributed by atoms with E-state index in [-0.39, 0.29) is 11.7 Å². The van der Waals surface area contributed by atoms with Crippen LogP contribution in [0.3, 0.4) is 0 Å². The van der Waals surface area contributed by atoms with Crippen LogP contribution in [0.15, 0.2) is 53.4 Å². The van der Waals surface area contributed by atoms with Crippen LogP contribution in [-0.2, 0) is 16.6 Å². The van der Waals surface area contributed by atoms with Crippen LogP contribution in [0.25, 0.3) is 0 Å². The van der Waals surface area contributed by atoms with Gasteiger partial charge in [0.05, 0.1) is 5.75 Å². The zero-order valence-corrected chi connectivity index (χ0v) is 20.0. The van der Waals surface area contributed by atoms with Gasteiger partial charge in [0.15, 0.2) is 0 Å². The highest BCUT2D eigenvalue weighted by atomic mass is 35.5. The Morgan fingerprint density at radius 3 is 2.48 bits per heavy atom. The Labute approximate surface area is 194 Å². The third-order valence-electron chi connectivity index (χ3n) is 5.15. The van der Waals surface area contributed by atoms with Crippen molar-refractivity contribution in [3.63, 3.8) is 0 Å². The predicted molar refractivity (Wildman–Crippen MR) is 127 cm³/mol. The lowest BCUT2D eigenvalue weighted by Gasteiger charge is -2.33. The molecule has 0 radical (unpaired) electrons. The van der Waals surface area contributed by atoms with E-state index in [1.54, 1.807) is 23.0 Å². The third kappa shape index (κ3) is 7.22. The topological polar surface area (TPSA) is 69.7 Å². The van der Waals surface area contributed by atoms with Crippen molar-refractivity contribution in [2.45, 2.75) is 18.4 Å². The number of nitrogens with one attached hydrogen (secondary N) is 1. The summed E-state index contributed by atoms with van der Waals surface area (Å²) in [7, 11) is -3.12. The van der Waals surface area contributed by atoms with Gasteiger partial charge in [0.25, 0.3) is 5.91 Å². The van der Waals surface area contributed by atoms with E-state index in [0.29, 0.717) is 49.9 Å². The van der Waals surface area contributed by atoms with E-state index >= 15 is 0 Å². The van der Waals surface area contributed by atoms with Gasteiger partial charge in [-0.25, -0.2) is 8.42 Å². The predicted octanol–water partition coefficient (Wildman–Crippen LogP) is 3.33. The summed E-state index contributed by atoms with van der Waals surface area (Å²) in [6, 6.07) is 15.3. The molecule has 1 fully saturated rings. The fourth-order valence-corrected chi connectivity index (χ4v) is 5.36. The van der Waals surface area contributed by atoms with E-state index in [1.165, 1.54) is 0 Å². The standard InChI is InChI=1S/C22H28ClN3O3S2/c1-2-31(28,29)26-13-11-25(12-14-26)17-18-4-3-5-19(16-18)22(27)24-10-15-30-21-8-6-20(23)7-9-21/h3-9,16H,2,10-15,17H2,1H3,(H,24,27). The maximum atomic E-state index is 12.5. The minimum atomic E-state index is -3.12. The summed E-state index contributed by atoms with van der Waals surface area (Å²) in [6.07, 6.45) is 0. The van der Waals surface area contributed by atoms with Crippen molar-refractivity contribution < 1.29 is 13.2 Å². The Balaban J connectivity index is 1.45. The quantitative estimate of drug-likeness (QED) is 0.439. The van der Waals surface area contributed by atoms with Crippen molar-refractivity contribution in [1.82, 2.24) is 14.5 Å². The molecule has 1 aliphatic heterocycles. The lowest BCUT2D eigenvalue weighted by Crippen LogP contribution is -2.48. The van der Waals surface area contributed by atoms with Gasteiger partial charge in [-0.3, -0.25) is 9.69 Å². The molecule has 2 aromatic rings. The highest BCUT2D eigenvalue weighted by Gasteiger charge is 2.25. The SMILES string of the molecule is CCS(=O)(=O)N1CCN(Cc2cccc(C(=O)NCCSc3ccc(Cl)cc3)c2)CC1. The van der Waals surface area contributed by atoms with E-state index < -0.39 is 10.0 Å². The first-order valence-electron chi connectivity index (χ1n) is 10.3. The van der Waals surface area contributed by atoms with Crippen LogP contribution < -0.4 is 5.32 Å². The first-order valence-corrected chi connectivity index (χ1v) is 13.3. The molecule has 31 heavy (non-hydrogen) atoms. The van der Waals surface area contributed by atoms with Gasteiger partial charge >= 0.3 is 0 Å². The van der Waals surface area contributed by atoms with Gasteiger partial charge in [0, 0.05) is 60.5 Å². The Morgan fingerprint density at radius 1 is 1.10 bits per heavy atom. The first kappa shape index (κ1) is 24.1. The Morgan fingerprint density at radius 2 is 1.81 bits per heavy atom. The minimum Gasteiger partial charge on any atom is -0.351 e. The highest BCUT2D eigenvalue weighted by Crippen LogP contribution is 2.19. The molecule has 2 aromatic carbocycles. The second-order valence-electron chi connectivity index (χ2n) is 7.33. The van der Waals surface area contributed by atoms with E-state index in [2.05, 4.69) is 10.2 Å². The van der Waals surface area contributed by atoms with Crippen LogP contribution >= 0.6 is 23.4 Å². The number of sulfonamides is 1. The summed E-state index contributed by atoms with van der Waals surface area (Å²) in [4.78, 5) is 15.8. The number of hydrogen-bond acceptors (Lipinski definition) is 5. The number of carbonyl (C=O) groups is 1. The molecule has 0 saturated carbocycles. The summed E-state index contributed by atoms with van der Waals surface area (Å²) in [5.74, 6) is 0.831. The molecule has 1 heterocycles. The molecule has 0 aromatic heterocycles. The molecule has 1 amide bonds. The molecule has 1 N–H and O–H groups in total. The Bertz CT molecular complexity index is 976. The van der Waals surface area contributed by atoms with Crippen molar-refractivity contribution in [2.75, 3.05) is 44.2 Å². The van der Waals surface area contributed by atoms with Crippen molar-refractivity contribution in [3.05, 3.63) is 64.7 Å². The normalized spacial score (nSPS) is 15.7. The number of nitrogens with zero attached hydrogens (tertiary/aromatic N) is 2. The number of rotatable bonds is 9. The second kappa shape index (κ2) is 11.3. The molecule has 0 atom stereocenters. The lowest BCUT2D eigenvalue weighted by atomic mass is 10.1. The summed E-state index contributed by atoms with van der Waals surface area (Å²) in [5.41, 5.74) is 1.69. The van der Waals surface area contributed by atoms with Crippen molar-refractivity contribution >= 4 is 39.3 Å². The highest BCUT2D eigenvalue weighted by molar-refractivity contribution is 7.99. The number of carbonyl (C=O) groups excluding carboxylic acids is 1. The summed E-state index contributed by atoms with van der Waals surface area (Å²) >= 11 is 7.56. The molecular weight excluding hydrogens is 454 g/mol. The van der Waals surface area contributed by atoms with Crippen LogP contribution in [-0.4, -0.2) is 67.8 Å². The summed E-state index contributed by atoms with van der Waals surface area (Å²) in [6.45, 7) is 5.37. The Kier molecular flexibility index (Phi) is 8.80. The fraction of sp³-hybridized carbons (Fsp3) is 0.409. The van der Waals surface area contributed by atoms with Crippen LogP contribution in [0.2, 0.25) is 5.02 Å². The Hall–Kier alpha value is -1.58. The molecule has 0 unspecified atom stereocenters. The number of benzene rings is 2. The monoisotopic (exact) mass is 481 g/mol. The maximum Gasteiger partial charge on any atom is 0.251 e. The van der Waals surface area contributed by atoms with Crippen molar-refractivity contribution in [1.29, 1.82) is 0 Å². The zero-order valence-electron chi connectivity index (χ0n) is 17.6. The van der Waals surface area contributed by atoms with Gasteiger partial charge in [-0.2, -0.15) is 4.31 Å². The fourth-order valence-electron chi connectivity index (χ4n) is 3.38. The summed E-state index contributed by atoms with van der Waals surface area (Å²) in [5, 5.41) is 3.68. The zero-order chi connectivity index (χ0) is 22.3. The van der Waals surface area contributed by atoms with Crippen LogP contribution in [0.4, 0.5) is 0 Å². The van der Waals surface area contributed by atoms with Gasteiger partial charge in [-0.1, -0.05) is 23.7 Å². The van der Waals surface area contributed by atoms with Crippen molar-refractivity contribution in [3.8, 4) is 0 Å². The molecule has 168 valence electrons. The van der Waals surface area contributed by atoms with E-state index in [1.807, 2.05) is 48.5 Å². The number of amides is 1. The molecule has 6 nitrogen and oxygen atoms in total. The van der Waals surface area contributed by atoms with Crippen LogP contribution in [0, 0.1) is 0 Å². The molecule has 0 aliphatic carbocycles. The van der Waals surface area contributed by atoms with Gasteiger partial charge < -0.3 is 5.32 Å². The molecule has 9 heteroatoms. The molecule has 1 saturated heterocycles. The molecule has 0 spiro atoms. The third-order valence-corrected chi connectivity index (χ3v) is 8.30. The smallest absolute Gasteiger partial charge is 0.251 e. The first-order chi connectivity index (χ1) is 14.9. The average Bonchev–Trinajstić information content (AvgIpc) is 2.78. The largest absolute Gasteiger partial charge is 0.351 e.